The Balaban J connectivity index is -0.0000000925. The summed E-state index contributed by atoms with van der Waals surface area (Å²) in [5, 5.41) is 7.97. The molecule has 0 aliphatic rings. The second-order valence-electron chi connectivity index (χ2n) is 1.88. The van der Waals surface area contributed by atoms with Crippen LogP contribution >= 0.6 is 23.7 Å². The Hall–Kier alpha value is -0.230. The van der Waals surface area contributed by atoms with Crippen LogP contribution in [0.5, 0.6) is 0 Å². The van der Waals surface area contributed by atoms with E-state index in [1.807, 2.05) is 59.8 Å². The lowest BCUT2D eigenvalue weighted by Crippen LogP contribution is -1.91. The van der Waals surface area contributed by atoms with Crippen molar-refractivity contribution >= 4 is 29.3 Å². The van der Waals surface area contributed by atoms with Gasteiger partial charge in [0, 0.05) is 4.91 Å². The molecular formula is C13H29NO2S2. The molecule has 0 heterocycles. The molecule has 5 heteroatoms. The largest absolute Gasteiger partial charge is 0.384 e. The van der Waals surface area contributed by atoms with E-state index in [1.54, 1.807) is 7.05 Å². The molecule has 0 aromatic heterocycles. The second-order valence-corrected chi connectivity index (χ2v) is 3.74. The molecule has 0 saturated heterocycles. The summed E-state index contributed by atoms with van der Waals surface area (Å²) in [5.41, 5.74) is 0.829. The van der Waals surface area contributed by atoms with Crippen LogP contribution < -0.4 is 4.72 Å². The number of carbonyl (C=O) groups excluding carboxylic acids is 1. The number of hydrogen-bond acceptors (Lipinski definition) is 5. The Morgan fingerprint density at radius 2 is 1.72 bits per heavy atom. The smallest absolute Gasteiger partial charge is 0.180 e. The van der Waals surface area contributed by atoms with Gasteiger partial charge in [-0.05, 0) is 20.9 Å². The fourth-order valence-corrected chi connectivity index (χ4v) is 1.08. The normalized spacial score (nSPS) is 9.22. The van der Waals surface area contributed by atoms with Crippen molar-refractivity contribution in [3.05, 3.63) is 23.1 Å². The fourth-order valence-electron chi connectivity index (χ4n) is 0.488. The molecule has 0 fully saturated rings. The maximum absolute atomic E-state index is 9.94. The molecular weight excluding hydrogens is 266 g/mol. The van der Waals surface area contributed by atoms with Crippen LogP contribution in [0.1, 0.15) is 41.5 Å². The number of hydrogen-bond donors (Lipinski definition) is 2. The summed E-state index contributed by atoms with van der Waals surface area (Å²) < 4.78 is 2.68. The second kappa shape index (κ2) is 36.0. The van der Waals surface area contributed by atoms with E-state index in [4.69, 9.17) is 5.11 Å². The van der Waals surface area contributed by atoms with E-state index < -0.39 is 0 Å². The zero-order chi connectivity index (χ0) is 15.2. The summed E-state index contributed by atoms with van der Waals surface area (Å²) in [7, 11) is 1.76. The van der Waals surface area contributed by atoms with Gasteiger partial charge in [-0.25, -0.2) is 0 Å². The van der Waals surface area contributed by atoms with Crippen molar-refractivity contribution in [3.8, 4) is 0 Å². The SMILES string of the molecule is C/C=C\C(=C/C)SC=O.CC.CC.CNSCO. The Kier molecular flexibility index (Phi) is 52.6. The maximum Gasteiger partial charge on any atom is 0.180 e. The van der Waals surface area contributed by atoms with Crippen LogP contribution in [0.3, 0.4) is 0 Å². The lowest BCUT2D eigenvalue weighted by atomic mass is 10.4. The van der Waals surface area contributed by atoms with Crippen LogP contribution in [0.15, 0.2) is 23.1 Å². The third-order valence-electron chi connectivity index (χ3n) is 1.01. The van der Waals surface area contributed by atoms with Crippen molar-refractivity contribution in [2.24, 2.45) is 0 Å². The minimum Gasteiger partial charge on any atom is -0.384 e. The zero-order valence-electron chi connectivity index (χ0n) is 12.7. The van der Waals surface area contributed by atoms with Crippen LogP contribution in [0.4, 0.5) is 0 Å². The molecule has 0 amide bonds. The number of thioether (sulfide) groups is 1. The minimum atomic E-state index is 0.149. The summed E-state index contributed by atoms with van der Waals surface area (Å²) in [4.78, 5) is 10.9. The van der Waals surface area contributed by atoms with Gasteiger partial charge in [0.25, 0.3) is 0 Å². The fraction of sp³-hybridized carbons (Fsp3) is 0.615. The topological polar surface area (TPSA) is 49.3 Å². The zero-order valence-corrected chi connectivity index (χ0v) is 14.3. The number of aliphatic hydroxyl groups is 1. The molecule has 110 valence electrons. The highest BCUT2D eigenvalue weighted by Gasteiger charge is 1.85. The summed E-state index contributed by atoms with van der Waals surface area (Å²) >= 11 is 2.46. The van der Waals surface area contributed by atoms with Crippen LogP contribution in [-0.4, -0.2) is 23.7 Å². The third kappa shape index (κ3) is 36.0. The molecule has 18 heavy (non-hydrogen) atoms. The van der Waals surface area contributed by atoms with Crippen molar-refractivity contribution in [1.82, 2.24) is 4.72 Å². The molecule has 0 atom stereocenters. The van der Waals surface area contributed by atoms with Gasteiger partial charge in [-0.2, -0.15) is 0 Å². The predicted molar refractivity (Wildman–Crippen MR) is 89.3 cm³/mol. The van der Waals surface area contributed by atoms with E-state index in [2.05, 4.69) is 4.72 Å². The molecule has 0 radical (unpaired) electrons. The number of rotatable bonds is 5. The summed E-state index contributed by atoms with van der Waals surface area (Å²) in [5.74, 6) is 0.149. The molecule has 0 saturated carbocycles. The van der Waals surface area contributed by atoms with E-state index in [9.17, 15) is 4.79 Å². The summed E-state index contributed by atoms with van der Waals surface area (Å²) in [6.45, 7) is 11.8. The molecule has 0 rings (SSSR count). The van der Waals surface area contributed by atoms with Gasteiger partial charge in [0.2, 0.25) is 0 Å². The molecule has 0 aliphatic carbocycles. The molecule has 0 aromatic carbocycles. The van der Waals surface area contributed by atoms with Gasteiger partial charge in [0.15, 0.2) is 5.62 Å². The van der Waals surface area contributed by atoms with Crippen LogP contribution in [0.2, 0.25) is 0 Å². The van der Waals surface area contributed by atoms with Crippen LogP contribution in [0, 0.1) is 0 Å². The molecule has 0 aliphatic heterocycles. The highest BCUT2D eigenvalue weighted by Crippen LogP contribution is 2.12. The molecule has 2 N–H and O–H groups in total. The van der Waals surface area contributed by atoms with Crippen molar-refractivity contribution in [2.75, 3.05) is 13.0 Å². The van der Waals surface area contributed by atoms with Crippen molar-refractivity contribution in [3.63, 3.8) is 0 Å². The van der Waals surface area contributed by atoms with Gasteiger partial charge in [0.1, 0.15) is 5.94 Å². The molecule has 0 aromatic rings. The van der Waals surface area contributed by atoms with Gasteiger partial charge < -0.3 is 5.11 Å². The Morgan fingerprint density at radius 1 is 1.22 bits per heavy atom. The van der Waals surface area contributed by atoms with Gasteiger partial charge in [-0.3, -0.25) is 9.52 Å². The van der Waals surface area contributed by atoms with Gasteiger partial charge in [-0.1, -0.05) is 69.6 Å². The average Bonchev–Trinajstić information content (AvgIpc) is 2.44. The standard InChI is InChI=1S/C7H10OS.C2H7NOS.2C2H6/c1-3-5-7(4-2)9-6-8;1-3-5-2-4;2*1-2/h3-6H,1-2H3;3-4H,2H2,1H3;2*1-2H3/b5-3-,7-4+;;;. The number of aliphatic hydroxyl groups excluding tert-OH is 1. The average molecular weight is 296 g/mol. The number of carbonyl (C=O) groups is 1. The number of nitrogens with one attached hydrogen (secondary N) is 1. The van der Waals surface area contributed by atoms with Crippen molar-refractivity contribution in [1.29, 1.82) is 0 Å². The van der Waals surface area contributed by atoms with E-state index in [1.165, 1.54) is 23.7 Å². The number of allylic oxidation sites excluding steroid dienone is 3. The minimum absolute atomic E-state index is 0.149. The van der Waals surface area contributed by atoms with Crippen molar-refractivity contribution in [2.45, 2.75) is 41.5 Å². The monoisotopic (exact) mass is 295 g/mol. The van der Waals surface area contributed by atoms with Gasteiger partial charge >= 0.3 is 0 Å². The van der Waals surface area contributed by atoms with Crippen molar-refractivity contribution < 1.29 is 9.90 Å². The predicted octanol–water partition coefficient (Wildman–Crippen LogP) is 4.25. The Morgan fingerprint density at radius 3 is 1.89 bits per heavy atom. The van der Waals surface area contributed by atoms with Crippen LogP contribution in [-0.2, 0) is 4.79 Å². The summed E-state index contributed by atoms with van der Waals surface area (Å²) in [6, 6.07) is 0. The quantitative estimate of drug-likeness (QED) is 0.344. The van der Waals surface area contributed by atoms with E-state index in [0.717, 1.165) is 10.5 Å². The summed E-state index contributed by atoms with van der Waals surface area (Å²) in [6.07, 6.45) is 5.71. The molecule has 0 unspecified atom stereocenters. The molecule has 0 spiro atoms. The van der Waals surface area contributed by atoms with E-state index >= 15 is 0 Å². The third-order valence-corrected chi connectivity index (χ3v) is 2.17. The first-order chi connectivity index (χ1) is 8.76. The maximum atomic E-state index is 9.94. The van der Waals surface area contributed by atoms with Gasteiger partial charge in [-0.15, -0.1) is 0 Å². The Labute approximate surface area is 122 Å². The lowest BCUT2D eigenvalue weighted by molar-refractivity contribution is 0.374. The molecule has 3 nitrogen and oxygen atoms in total. The van der Waals surface area contributed by atoms with Gasteiger partial charge in [0.05, 0.1) is 0 Å². The lowest BCUT2D eigenvalue weighted by Gasteiger charge is -1.88. The van der Waals surface area contributed by atoms with Crippen LogP contribution in [0.25, 0.3) is 0 Å². The first-order valence-corrected chi connectivity index (χ1v) is 7.92. The highest BCUT2D eigenvalue weighted by molar-refractivity contribution is 8.15. The first kappa shape index (κ1) is 26.4. The first-order valence-electron chi connectivity index (χ1n) is 6.05. The van der Waals surface area contributed by atoms with E-state index in [0.29, 0.717) is 0 Å². The highest BCUT2D eigenvalue weighted by atomic mass is 32.2. The molecule has 0 bridgehead atoms. The Bertz CT molecular complexity index is 182. The van der Waals surface area contributed by atoms with E-state index in [-0.39, 0.29) is 5.94 Å².